The van der Waals surface area contributed by atoms with Gasteiger partial charge in [-0.3, -0.25) is 24.1 Å². The Balaban J connectivity index is 2.04. The van der Waals surface area contributed by atoms with Crippen LogP contribution in [-0.4, -0.2) is 79.6 Å². The van der Waals surface area contributed by atoms with E-state index in [1.165, 1.54) is 37.2 Å². The van der Waals surface area contributed by atoms with E-state index in [4.69, 9.17) is 32.5 Å². The maximum Gasteiger partial charge on any atom is 0.552 e. The summed E-state index contributed by atoms with van der Waals surface area (Å²) in [6.45, 7) is 3.42. The molecule has 33 heavy (non-hydrogen) atoms. The van der Waals surface area contributed by atoms with Gasteiger partial charge < -0.3 is 25.0 Å². The van der Waals surface area contributed by atoms with Gasteiger partial charge in [-0.2, -0.15) is 0 Å². The highest BCUT2D eigenvalue weighted by molar-refractivity contribution is 6.51. The highest BCUT2D eigenvalue weighted by Gasteiger charge is 2.51. The minimum Gasteiger partial charge on any atom is -0.506 e. The van der Waals surface area contributed by atoms with Crippen molar-refractivity contribution in [2.75, 3.05) is 20.6 Å². The Kier molecular flexibility index (Phi) is 9.53. The number of rotatable bonds is 10. The molecule has 2 rings (SSSR count). The molecule has 13 heteroatoms. The minimum absolute atomic E-state index is 0.0839. The van der Waals surface area contributed by atoms with Crippen LogP contribution in [0.1, 0.15) is 30.6 Å². The molecule has 0 spiro atoms. The number of carbonyl (C=O) groups excluding carboxylic acids is 3. The van der Waals surface area contributed by atoms with Gasteiger partial charge in [0.25, 0.3) is 5.91 Å². The normalized spacial score (nSPS) is 17.6. The maximum absolute atomic E-state index is 12.5. The van der Waals surface area contributed by atoms with Gasteiger partial charge in [0.2, 0.25) is 5.91 Å². The summed E-state index contributed by atoms with van der Waals surface area (Å²) in [4.78, 5) is 50.1. The van der Waals surface area contributed by atoms with Crippen molar-refractivity contribution in [1.29, 1.82) is 0 Å². The lowest BCUT2D eigenvalue weighted by Gasteiger charge is -2.24. The lowest BCUT2D eigenvalue weighted by Crippen LogP contribution is -2.52. The molecule has 0 bridgehead atoms. The first-order valence-corrected chi connectivity index (χ1v) is 10.9. The quantitative estimate of drug-likeness (QED) is 0.407. The molecule has 0 aliphatic carbocycles. The summed E-state index contributed by atoms with van der Waals surface area (Å²) >= 11 is 11.9. The van der Waals surface area contributed by atoms with Gasteiger partial charge in [0.1, 0.15) is 6.04 Å². The number of carboxylic acid groups (broad SMARTS) is 1. The van der Waals surface area contributed by atoms with Crippen molar-refractivity contribution in [2.24, 2.45) is 5.92 Å². The molecular formula is C20H26BCl2N3O7. The van der Waals surface area contributed by atoms with Crippen LogP contribution in [-0.2, 0) is 23.7 Å². The van der Waals surface area contributed by atoms with E-state index < -0.39 is 49.0 Å². The molecule has 1 aliphatic heterocycles. The number of carboxylic acids is 1. The van der Waals surface area contributed by atoms with Gasteiger partial charge in [-0.15, -0.1) is 0 Å². The number of carbonyl (C=O) groups is 4. The average molecular weight is 502 g/mol. The first-order valence-electron chi connectivity index (χ1n) is 10.2. The molecule has 1 saturated heterocycles. The van der Waals surface area contributed by atoms with Gasteiger partial charge >= 0.3 is 19.1 Å². The summed E-state index contributed by atoms with van der Waals surface area (Å²) in [6.07, 6.45) is -0.969. The number of nitrogens with zero attached hydrogens (tertiary/aromatic N) is 1. The second-order valence-electron chi connectivity index (χ2n) is 8.22. The van der Waals surface area contributed by atoms with E-state index in [0.29, 0.717) is 11.4 Å². The van der Waals surface area contributed by atoms with E-state index in [1.807, 2.05) is 13.8 Å². The fraction of sp³-hybridized carbons (Fsp3) is 0.500. The summed E-state index contributed by atoms with van der Waals surface area (Å²) in [7, 11) is 1.84. The second kappa shape index (κ2) is 11.7. The third-order valence-corrected chi connectivity index (χ3v) is 5.39. The van der Waals surface area contributed by atoms with E-state index in [1.54, 1.807) is 0 Å². The number of benzene rings is 1. The average Bonchev–Trinajstić information content (AvgIpc) is 3.07. The zero-order valence-corrected chi connectivity index (χ0v) is 20.1. The van der Waals surface area contributed by atoms with Crippen molar-refractivity contribution in [2.45, 2.75) is 38.4 Å². The van der Waals surface area contributed by atoms with E-state index in [2.05, 4.69) is 10.6 Å². The number of hydrogen-bond acceptors (Lipinski definition) is 7. The Morgan fingerprint density at radius 1 is 1.24 bits per heavy atom. The molecule has 1 aromatic rings. The van der Waals surface area contributed by atoms with Crippen LogP contribution in [0.3, 0.4) is 0 Å². The van der Waals surface area contributed by atoms with Crippen LogP contribution in [0.15, 0.2) is 18.2 Å². The standard InChI is InChI=1S/C20H26BCl2N3O7/c1-10(2)7-14(21-32-17(20(31)33-21)16(19(29)30)26(3)4)25-15(27)9-24-18(28)12-8-11(22)5-6-13(12)23/h5-6,8,10,14,16-17H,7,9H2,1-4H3,(H,24,28)(H,25,27)(H,29,30)/t14-,16?,17?/m0/s1. The predicted octanol–water partition coefficient (Wildman–Crippen LogP) is 1.24. The van der Waals surface area contributed by atoms with E-state index in [0.717, 1.165) is 0 Å². The first-order chi connectivity index (χ1) is 15.4. The molecule has 1 aliphatic rings. The number of hydrogen-bond donors (Lipinski definition) is 3. The fourth-order valence-corrected chi connectivity index (χ4v) is 3.72. The number of likely N-dealkylation sites (N-methyl/N-ethyl adjacent to an activating group) is 1. The summed E-state index contributed by atoms with van der Waals surface area (Å²) in [5.41, 5.74) is 0.120. The van der Waals surface area contributed by atoms with Crippen molar-refractivity contribution in [3.63, 3.8) is 0 Å². The Morgan fingerprint density at radius 3 is 2.48 bits per heavy atom. The van der Waals surface area contributed by atoms with Gasteiger partial charge in [-0.1, -0.05) is 37.0 Å². The molecule has 2 unspecified atom stereocenters. The van der Waals surface area contributed by atoms with Crippen molar-refractivity contribution < 1.29 is 33.6 Å². The van der Waals surface area contributed by atoms with Crippen LogP contribution >= 0.6 is 23.2 Å². The molecule has 3 N–H and O–H groups in total. The molecule has 10 nitrogen and oxygen atoms in total. The summed E-state index contributed by atoms with van der Waals surface area (Å²) in [5, 5.41) is 15.1. The van der Waals surface area contributed by atoms with E-state index in [9.17, 15) is 24.3 Å². The van der Waals surface area contributed by atoms with E-state index >= 15 is 0 Å². The van der Waals surface area contributed by atoms with E-state index in [-0.39, 0.29) is 23.0 Å². The van der Waals surface area contributed by atoms with Crippen LogP contribution in [0.5, 0.6) is 0 Å². The SMILES string of the molecule is CC(C)C[C@H](NC(=O)CNC(=O)c1cc(Cl)ccc1Cl)B1OC(=O)C(C(C(=O)O)N(C)C)O1. The van der Waals surface area contributed by atoms with Gasteiger partial charge in [0.15, 0.2) is 6.10 Å². The molecule has 0 saturated carbocycles. The molecular weight excluding hydrogens is 476 g/mol. The van der Waals surface area contributed by atoms with Gasteiger partial charge in [-0.05, 0) is 44.6 Å². The number of halogens is 2. The topological polar surface area (TPSA) is 134 Å². The molecule has 2 amide bonds. The first kappa shape index (κ1) is 26.9. The third-order valence-electron chi connectivity index (χ3n) is 4.82. The maximum atomic E-state index is 12.5. The Hall–Kier alpha value is -2.34. The van der Waals surface area contributed by atoms with Crippen molar-refractivity contribution in [3.05, 3.63) is 33.8 Å². The van der Waals surface area contributed by atoms with Crippen LogP contribution < -0.4 is 10.6 Å². The monoisotopic (exact) mass is 501 g/mol. The van der Waals surface area contributed by atoms with Gasteiger partial charge in [0, 0.05) is 5.02 Å². The number of amides is 2. The Bertz CT molecular complexity index is 916. The zero-order valence-electron chi connectivity index (χ0n) is 18.6. The molecule has 180 valence electrons. The summed E-state index contributed by atoms with van der Waals surface area (Å²) in [6, 6.07) is 3.14. The van der Waals surface area contributed by atoms with Crippen molar-refractivity contribution >= 4 is 54.1 Å². The largest absolute Gasteiger partial charge is 0.552 e. The zero-order chi connectivity index (χ0) is 24.9. The predicted molar refractivity (Wildman–Crippen MR) is 122 cm³/mol. The van der Waals surface area contributed by atoms with Gasteiger partial charge in [0.05, 0.1) is 23.1 Å². The minimum atomic E-state index is -1.35. The highest BCUT2D eigenvalue weighted by Crippen LogP contribution is 2.22. The third kappa shape index (κ3) is 7.33. The molecule has 1 fully saturated rings. The number of nitrogens with one attached hydrogen (secondary N) is 2. The Labute approximate surface area is 202 Å². The van der Waals surface area contributed by atoms with Crippen molar-refractivity contribution in [1.82, 2.24) is 15.5 Å². The van der Waals surface area contributed by atoms with Crippen LogP contribution in [0.2, 0.25) is 10.0 Å². The lowest BCUT2D eigenvalue weighted by molar-refractivity contribution is -0.151. The molecule has 1 heterocycles. The van der Waals surface area contributed by atoms with Crippen molar-refractivity contribution in [3.8, 4) is 0 Å². The Morgan fingerprint density at radius 2 is 1.91 bits per heavy atom. The lowest BCUT2D eigenvalue weighted by atomic mass is 9.74. The van der Waals surface area contributed by atoms with Crippen LogP contribution in [0, 0.1) is 5.92 Å². The number of aliphatic carboxylic acids is 1. The van der Waals surface area contributed by atoms with Gasteiger partial charge in [-0.25, -0.2) is 0 Å². The highest BCUT2D eigenvalue weighted by atomic mass is 35.5. The molecule has 0 radical (unpaired) electrons. The molecule has 1 aromatic carbocycles. The van der Waals surface area contributed by atoms with Crippen LogP contribution in [0.4, 0.5) is 0 Å². The smallest absolute Gasteiger partial charge is 0.506 e. The molecule has 3 atom stereocenters. The molecule has 0 aromatic heterocycles. The summed E-state index contributed by atoms with van der Waals surface area (Å²) < 4.78 is 10.9. The van der Waals surface area contributed by atoms with Crippen LogP contribution in [0.25, 0.3) is 0 Å². The fourth-order valence-electron chi connectivity index (χ4n) is 3.34. The second-order valence-corrected chi connectivity index (χ2v) is 9.06. The summed E-state index contributed by atoms with van der Waals surface area (Å²) in [5.74, 6) is -3.88.